The summed E-state index contributed by atoms with van der Waals surface area (Å²) in [7, 11) is 0. The lowest BCUT2D eigenvalue weighted by atomic mass is 10.3. The summed E-state index contributed by atoms with van der Waals surface area (Å²) in [5.74, 6) is 0.792. The molecule has 122 valence electrons. The number of H-pyrrole nitrogens is 2. The Bertz CT molecular complexity index is 432. The van der Waals surface area contributed by atoms with Gasteiger partial charge in [0.15, 0.2) is 4.77 Å². The highest BCUT2D eigenvalue weighted by molar-refractivity contribution is 7.71. The van der Waals surface area contributed by atoms with Gasteiger partial charge in [-0.2, -0.15) is 4.98 Å². The van der Waals surface area contributed by atoms with Gasteiger partial charge < -0.3 is 26.3 Å². The molecule has 6 nitrogen and oxygen atoms in total. The van der Waals surface area contributed by atoms with Crippen molar-refractivity contribution >= 4 is 30.4 Å². The van der Waals surface area contributed by atoms with Gasteiger partial charge >= 0.3 is 0 Å². The van der Waals surface area contributed by atoms with Gasteiger partial charge in [-0.1, -0.05) is 26.7 Å². The third-order valence-electron chi connectivity index (χ3n) is 2.68. The first-order chi connectivity index (χ1) is 10.1. The third-order valence-corrected chi connectivity index (χ3v) is 3.08. The third kappa shape index (κ3) is 9.67. The number of rotatable bonds is 8. The molecule has 0 aromatic carbocycles. The SMILES string of the molecule is CCCCN(CCCC)c1nc(=S)[nH]c(=S)[nH]1.NCCN. The Labute approximate surface area is 137 Å². The van der Waals surface area contributed by atoms with E-state index in [1.54, 1.807) is 0 Å². The first-order valence-electron chi connectivity index (χ1n) is 7.44. The molecule has 0 fully saturated rings. The Morgan fingerprint density at radius 2 is 1.52 bits per heavy atom. The molecule has 0 spiro atoms. The van der Waals surface area contributed by atoms with E-state index in [9.17, 15) is 0 Å². The molecule has 1 heterocycles. The average Bonchev–Trinajstić information content (AvgIpc) is 2.46. The summed E-state index contributed by atoms with van der Waals surface area (Å²) in [5.41, 5.74) is 9.81. The van der Waals surface area contributed by atoms with E-state index in [1.165, 1.54) is 12.8 Å². The molecule has 8 heteroatoms. The maximum Gasteiger partial charge on any atom is 0.207 e. The van der Waals surface area contributed by atoms with E-state index in [2.05, 4.69) is 33.7 Å². The highest BCUT2D eigenvalue weighted by Gasteiger charge is 2.07. The summed E-state index contributed by atoms with van der Waals surface area (Å²) >= 11 is 10.1. The summed E-state index contributed by atoms with van der Waals surface area (Å²) in [4.78, 5) is 12.4. The summed E-state index contributed by atoms with van der Waals surface area (Å²) in [6, 6.07) is 0. The molecule has 0 unspecified atom stereocenters. The zero-order valence-electron chi connectivity index (χ0n) is 13.0. The zero-order chi connectivity index (χ0) is 16.1. The van der Waals surface area contributed by atoms with Gasteiger partial charge in [0.2, 0.25) is 10.7 Å². The first kappa shape index (κ1) is 20.2. The van der Waals surface area contributed by atoms with E-state index in [0.717, 1.165) is 31.9 Å². The van der Waals surface area contributed by atoms with Crippen LogP contribution in [0, 0.1) is 9.54 Å². The lowest BCUT2D eigenvalue weighted by Crippen LogP contribution is -2.27. The number of anilines is 1. The smallest absolute Gasteiger partial charge is 0.207 e. The highest BCUT2D eigenvalue weighted by atomic mass is 32.1. The van der Waals surface area contributed by atoms with Crippen LogP contribution < -0.4 is 16.4 Å². The Kier molecular flexibility index (Phi) is 12.4. The van der Waals surface area contributed by atoms with E-state index in [0.29, 0.717) is 22.6 Å². The van der Waals surface area contributed by atoms with Crippen LogP contribution in [-0.2, 0) is 0 Å². The highest BCUT2D eigenvalue weighted by Crippen LogP contribution is 2.09. The standard InChI is InChI=1S/C11H20N4S2.C2H8N2/c1-3-5-7-15(8-6-4-2)9-12-10(16)14-11(17)13-9;3-1-2-4/h3-8H2,1-2H3,(H2,12,13,14,16,17);1-4H2. The molecule has 0 saturated heterocycles. The van der Waals surface area contributed by atoms with E-state index in [-0.39, 0.29) is 0 Å². The number of aromatic nitrogens is 3. The van der Waals surface area contributed by atoms with Gasteiger partial charge in [-0.3, -0.25) is 0 Å². The molecule has 0 atom stereocenters. The molecule has 1 aromatic rings. The molecule has 0 bridgehead atoms. The van der Waals surface area contributed by atoms with Crippen LogP contribution in [0.3, 0.4) is 0 Å². The van der Waals surface area contributed by atoms with E-state index >= 15 is 0 Å². The van der Waals surface area contributed by atoms with Crippen molar-refractivity contribution in [3.8, 4) is 0 Å². The molecule has 0 aliphatic rings. The van der Waals surface area contributed by atoms with Gasteiger partial charge in [0.1, 0.15) is 0 Å². The van der Waals surface area contributed by atoms with E-state index in [4.69, 9.17) is 35.9 Å². The van der Waals surface area contributed by atoms with E-state index in [1.807, 2.05) is 0 Å². The predicted octanol–water partition coefficient (Wildman–Crippen LogP) is 2.51. The van der Waals surface area contributed by atoms with Crippen molar-refractivity contribution in [2.75, 3.05) is 31.1 Å². The lowest BCUT2D eigenvalue weighted by Gasteiger charge is -2.22. The Morgan fingerprint density at radius 3 is 1.90 bits per heavy atom. The van der Waals surface area contributed by atoms with Gasteiger partial charge in [0, 0.05) is 26.2 Å². The number of aromatic amines is 2. The molecule has 0 aliphatic heterocycles. The Hall–Kier alpha value is -0.830. The summed E-state index contributed by atoms with van der Waals surface area (Å²) < 4.78 is 0.986. The van der Waals surface area contributed by atoms with Crippen LogP contribution in [0.15, 0.2) is 0 Å². The monoisotopic (exact) mass is 332 g/mol. The van der Waals surface area contributed by atoms with Gasteiger partial charge in [0.05, 0.1) is 0 Å². The van der Waals surface area contributed by atoms with Crippen LogP contribution in [0.25, 0.3) is 0 Å². The number of hydrogen-bond acceptors (Lipinski definition) is 6. The van der Waals surface area contributed by atoms with Crippen molar-refractivity contribution in [2.24, 2.45) is 11.5 Å². The molecular weight excluding hydrogens is 304 g/mol. The normalized spacial score (nSPS) is 9.90. The number of nitrogens with zero attached hydrogens (tertiary/aromatic N) is 2. The fourth-order valence-corrected chi connectivity index (χ4v) is 1.99. The van der Waals surface area contributed by atoms with Crippen molar-refractivity contribution in [2.45, 2.75) is 39.5 Å². The number of nitrogens with two attached hydrogens (primary N) is 2. The fourth-order valence-electron chi connectivity index (χ4n) is 1.55. The van der Waals surface area contributed by atoms with Crippen LogP contribution >= 0.6 is 24.4 Å². The largest absolute Gasteiger partial charge is 0.342 e. The van der Waals surface area contributed by atoms with Crippen molar-refractivity contribution in [3.63, 3.8) is 0 Å². The molecule has 1 rings (SSSR count). The van der Waals surface area contributed by atoms with Gasteiger partial charge in [0.25, 0.3) is 0 Å². The summed E-state index contributed by atoms with van der Waals surface area (Å²) in [6.45, 7) is 7.55. The van der Waals surface area contributed by atoms with Crippen molar-refractivity contribution < 1.29 is 0 Å². The predicted molar refractivity (Wildman–Crippen MR) is 94.7 cm³/mol. The molecule has 0 radical (unpaired) electrons. The van der Waals surface area contributed by atoms with Crippen LogP contribution in [0.2, 0.25) is 0 Å². The second-order valence-corrected chi connectivity index (χ2v) is 5.39. The van der Waals surface area contributed by atoms with Crippen molar-refractivity contribution in [1.82, 2.24) is 15.0 Å². The number of unbranched alkanes of at least 4 members (excludes halogenated alkanes) is 2. The second kappa shape index (κ2) is 12.9. The first-order valence-corrected chi connectivity index (χ1v) is 8.26. The van der Waals surface area contributed by atoms with Crippen LogP contribution in [-0.4, -0.2) is 41.1 Å². The zero-order valence-corrected chi connectivity index (χ0v) is 14.7. The average molecular weight is 333 g/mol. The van der Waals surface area contributed by atoms with Gasteiger partial charge in [-0.25, -0.2) is 0 Å². The van der Waals surface area contributed by atoms with Crippen LogP contribution in [0.4, 0.5) is 5.95 Å². The van der Waals surface area contributed by atoms with E-state index < -0.39 is 0 Å². The Morgan fingerprint density at radius 1 is 1.00 bits per heavy atom. The maximum absolute atomic E-state index is 5.09. The quantitative estimate of drug-likeness (QED) is 0.546. The number of hydrogen-bond donors (Lipinski definition) is 4. The molecule has 1 aromatic heterocycles. The minimum Gasteiger partial charge on any atom is -0.342 e. The molecular formula is C13H28N6S2. The molecule has 21 heavy (non-hydrogen) atoms. The molecule has 0 amide bonds. The lowest BCUT2D eigenvalue weighted by molar-refractivity contribution is 0.659. The minimum absolute atomic E-state index is 0.446. The molecule has 0 aliphatic carbocycles. The summed E-state index contributed by atoms with van der Waals surface area (Å²) in [5, 5.41) is 0. The molecule has 6 N–H and O–H groups in total. The number of nitrogens with one attached hydrogen (secondary N) is 2. The maximum atomic E-state index is 5.09. The van der Waals surface area contributed by atoms with Crippen molar-refractivity contribution in [1.29, 1.82) is 0 Å². The van der Waals surface area contributed by atoms with Crippen LogP contribution in [0.5, 0.6) is 0 Å². The van der Waals surface area contributed by atoms with Crippen molar-refractivity contribution in [3.05, 3.63) is 9.54 Å². The molecule has 0 saturated carbocycles. The van der Waals surface area contributed by atoms with Gasteiger partial charge in [-0.15, -0.1) is 0 Å². The topological polar surface area (TPSA) is 99.8 Å². The van der Waals surface area contributed by atoms with Crippen LogP contribution in [0.1, 0.15) is 39.5 Å². The summed E-state index contributed by atoms with van der Waals surface area (Å²) in [6.07, 6.45) is 4.64. The Balaban J connectivity index is 0.000000885. The second-order valence-electron chi connectivity index (χ2n) is 4.59. The minimum atomic E-state index is 0.446. The fraction of sp³-hybridized carbons (Fsp3) is 0.769. The van der Waals surface area contributed by atoms with Gasteiger partial charge in [-0.05, 0) is 37.3 Å².